The monoisotopic (exact) mass is 366 g/mol. The van der Waals surface area contributed by atoms with Crippen LogP contribution in [-0.4, -0.2) is 43.1 Å². The Balaban J connectivity index is 1.70. The molecule has 0 saturated heterocycles. The maximum absolute atomic E-state index is 12.7. The van der Waals surface area contributed by atoms with E-state index in [0.29, 0.717) is 31.1 Å². The molecule has 8 nitrogen and oxygen atoms in total. The predicted molar refractivity (Wildman–Crippen MR) is 100 cm³/mol. The highest BCUT2D eigenvalue weighted by atomic mass is 16.3. The first-order chi connectivity index (χ1) is 13.0. The summed E-state index contributed by atoms with van der Waals surface area (Å²) in [6.07, 6.45) is 5.84. The minimum absolute atomic E-state index is 0.113. The Morgan fingerprint density at radius 1 is 1.33 bits per heavy atom. The van der Waals surface area contributed by atoms with Gasteiger partial charge in [-0.05, 0) is 26.0 Å². The first-order valence-corrected chi connectivity index (χ1v) is 8.99. The number of anilines is 1. The molecular formula is C19H22N6O2. The second-order valence-electron chi connectivity index (χ2n) is 6.98. The lowest BCUT2D eigenvalue weighted by Gasteiger charge is -2.29. The first kappa shape index (κ1) is 17.3. The van der Waals surface area contributed by atoms with Gasteiger partial charge in [-0.15, -0.1) is 0 Å². The van der Waals surface area contributed by atoms with Gasteiger partial charge in [0.1, 0.15) is 5.82 Å². The van der Waals surface area contributed by atoms with Crippen molar-refractivity contribution in [3.63, 3.8) is 0 Å². The van der Waals surface area contributed by atoms with Crippen molar-refractivity contribution in [3.05, 3.63) is 47.8 Å². The van der Waals surface area contributed by atoms with E-state index in [1.54, 1.807) is 27.9 Å². The molecule has 27 heavy (non-hydrogen) atoms. The maximum atomic E-state index is 12.7. The third-order valence-corrected chi connectivity index (χ3v) is 4.47. The quantitative estimate of drug-likeness (QED) is 0.763. The van der Waals surface area contributed by atoms with Crippen molar-refractivity contribution in [2.75, 3.05) is 11.9 Å². The van der Waals surface area contributed by atoms with Gasteiger partial charge in [0.2, 0.25) is 0 Å². The van der Waals surface area contributed by atoms with Crippen molar-refractivity contribution in [2.24, 2.45) is 7.05 Å². The van der Waals surface area contributed by atoms with Gasteiger partial charge in [-0.1, -0.05) is 0 Å². The van der Waals surface area contributed by atoms with Crippen LogP contribution in [0.2, 0.25) is 0 Å². The van der Waals surface area contributed by atoms with Gasteiger partial charge < -0.3 is 14.6 Å². The number of fused-ring (bicyclic) bond motifs is 1. The number of carbonyl (C=O) groups excluding carboxylic acids is 1. The molecule has 0 saturated carbocycles. The van der Waals surface area contributed by atoms with E-state index in [2.05, 4.69) is 24.3 Å². The Labute approximate surface area is 157 Å². The van der Waals surface area contributed by atoms with E-state index >= 15 is 0 Å². The lowest BCUT2D eigenvalue weighted by atomic mass is 10.0. The number of nitrogens with one attached hydrogen (secondary N) is 1. The third-order valence-electron chi connectivity index (χ3n) is 4.47. The molecule has 8 heteroatoms. The summed E-state index contributed by atoms with van der Waals surface area (Å²) in [6, 6.07) is 3.62. The predicted octanol–water partition coefficient (Wildman–Crippen LogP) is 2.49. The molecule has 0 radical (unpaired) electrons. The summed E-state index contributed by atoms with van der Waals surface area (Å²) in [4.78, 5) is 23.9. The van der Waals surface area contributed by atoms with Crippen LogP contribution in [0.15, 0.2) is 35.2 Å². The van der Waals surface area contributed by atoms with E-state index in [1.807, 2.05) is 13.2 Å². The largest absolute Gasteiger partial charge is 0.459 e. The number of nitrogens with zero attached hydrogens (tertiary/aromatic N) is 5. The summed E-state index contributed by atoms with van der Waals surface area (Å²) in [7, 11) is 1.87. The van der Waals surface area contributed by atoms with Crippen LogP contribution in [0.1, 0.15) is 35.7 Å². The zero-order chi connectivity index (χ0) is 19.0. The smallest absolute Gasteiger partial charge is 0.289 e. The minimum Gasteiger partial charge on any atom is -0.459 e. The van der Waals surface area contributed by atoms with Crippen molar-refractivity contribution in [3.8, 4) is 11.4 Å². The molecule has 1 amide bonds. The fraction of sp³-hybridized carbons (Fsp3) is 0.368. The summed E-state index contributed by atoms with van der Waals surface area (Å²) in [6.45, 7) is 5.17. The fourth-order valence-electron chi connectivity index (χ4n) is 3.20. The molecule has 140 valence electrons. The van der Waals surface area contributed by atoms with E-state index in [4.69, 9.17) is 14.4 Å². The molecule has 0 atom stereocenters. The van der Waals surface area contributed by atoms with Crippen molar-refractivity contribution >= 4 is 11.7 Å². The van der Waals surface area contributed by atoms with E-state index in [9.17, 15) is 4.79 Å². The Bertz CT molecular complexity index is 961. The Kier molecular flexibility index (Phi) is 4.39. The number of amides is 1. The molecule has 4 rings (SSSR count). The van der Waals surface area contributed by atoms with Gasteiger partial charge in [-0.2, -0.15) is 5.10 Å². The SMILES string of the molecule is CC(C)Nc1nc(-c2cnn(C)c2)nc2c1CN(C(=O)c1ccco1)CC2. The Morgan fingerprint density at radius 2 is 2.19 bits per heavy atom. The number of hydrogen-bond donors (Lipinski definition) is 1. The summed E-state index contributed by atoms with van der Waals surface area (Å²) < 4.78 is 7.00. The number of aromatic nitrogens is 4. The topological polar surface area (TPSA) is 89.1 Å². The van der Waals surface area contributed by atoms with Gasteiger partial charge in [-0.3, -0.25) is 9.48 Å². The third kappa shape index (κ3) is 3.42. The molecule has 0 aromatic carbocycles. The van der Waals surface area contributed by atoms with Crippen LogP contribution in [0.5, 0.6) is 0 Å². The normalized spacial score (nSPS) is 13.7. The molecule has 0 bridgehead atoms. The number of furan rings is 1. The number of carbonyl (C=O) groups is 1. The van der Waals surface area contributed by atoms with Crippen LogP contribution in [0.3, 0.4) is 0 Å². The van der Waals surface area contributed by atoms with Crippen molar-refractivity contribution < 1.29 is 9.21 Å². The Morgan fingerprint density at radius 3 is 2.85 bits per heavy atom. The second kappa shape index (κ2) is 6.86. The van der Waals surface area contributed by atoms with Gasteiger partial charge in [0.15, 0.2) is 11.6 Å². The number of aryl methyl sites for hydroxylation is 1. The number of rotatable bonds is 4. The summed E-state index contributed by atoms with van der Waals surface area (Å²) >= 11 is 0. The minimum atomic E-state index is -0.113. The van der Waals surface area contributed by atoms with Crippen LogP contribution in [-0.2, 0) is 20.0 Å². The van der Waals surface area contributed by atoms with Gasteiger partial charge >= 0.3 is 0 Å². The Hall–Kier alpha value is -3.16. The van der Waals surface area contributed by atoms with Gasteiger partial charge in [0.25, 0.3) is 5.91 Å². The van der Waals surface area contributed by atoms with Crippen LogP contribution in [0.4, 0.5) is 5.82 Å². The van der Waals surface area contributed by atoms with Crippen LogP contribution in [0.25, 0.3) is 11.4 Å². The fourth-order valence-corrected chi connectivity index (χ4v) is 3.20. The highest BCUT2D eigenvalue weighted by Gasteiger charge is 2.27. The molecule has 1 aliphatic rings. The number of hydrogen-bond acceptors (Lipinski definition) is 6. The first-order valence-electron chi connectivity index (χ1n) is 8.99. The average molecular weight is 366 g/mol. The van der Waals surface area contributed by atoms with Crippen molar-refractivity contribution in [1.82, 2.24) is 24.6 Å². The van der Waals surface area contributed by atoms with Crippen LogP contribution in [0, 0.1) is 0 Å². The van der Waals surface area contributed by atoms with E-state index in [0.717, 1.165) is 22.6 Å². The molecule has 1 aliphatic heterocycles. The molecule has 0 fully saturated rings. The molecule has 1 N–H and O–H groups in total. The lowest BCUT2D eigenvalue weighted by Crippen LogP contribution is -2.37. The van der Waals surface area contributed by atoms with Gasteiger partial charge in [0, 0.05) is 37.8 Å². The molecule has 3 aromatic heterocycles. The second-order valence-corrected chi connectivity index (χ2v) is 6.98. The van der Waals surface area contributed by atoms with Gasteiger partial charge in [-0.25, -0.2) is 9.97 Å². The van der Waals surface area contributed by atoms with Crippen molar-refractivity contribution in [1.29, 1.82) is 0 Å². The highest BCUT2D eigenvalue weighted by molar-refractivity contribution is 5.91. The standard InChI is InChI=1S/C19H22N6O2/c1-12(2)21-18-14-11-25(19(26)16-5-4-8-27-16)7-6-15(14)22-17(23-18)13-9-20-24(3)10-13/h4-5,8-10,12H,6-7,11H2,1-3H3,(H,21,22,23). The maximum Gasteiger partial charge on any atom is 0.289 e. The summed E-state index contributed by atoms with van der Waals surface area (Å²) in [5.74, 6) is 1.66. The van der Waals surface area contributed by atoms with E-state index < -0.39 is 0 Å². The van der Waals surface area contributed by atoms with E-state index in [1.165, 1.54) is 6.26 Å². The van der Waals surface area contributed by atoms with Gasteiger partial charge in [0.05, 0.1) is 30.3 Å². The average Bonchev–Trinajstić information content (AvgIpc) is 3.32. The van der Waals surface area contributed by atoms with Crippen LogP contribution < -0.4 is 5.32 Å². The molecular weight excluding hydrogens is 344 g/mol. The lowest BCUT2D eigenvalue weighted by molar-refractivity contribution is 0.0701. The molecule has 0 unspecified atom stereocenters. The van der Waals surface area contributed by atoms with E-state index in [-0.39, 0.29) is 11.9 Å². The molecule has 0 spiro atoms. The van der Waals surface area contributed by atoms with Crippen LogP contribution >= 0.6 is 0 Å². The summed E-state index contributed by atoms with van der Waals surface area (Å²) in [5, 5.41) is 7.62. The molecule has 0 aliphatic carbocycles. The molecule has 3 aromatic rings. The van der Waals surface area contributed by atoms with Crippen molar-refractivity contribution in [2.45, 2.75) is 32.9 Å². The zero-order valence-electron chi connectivity index (χ0n) is 15.6. The highest BCUT2D eigenvalue weighted by Crippen LogP contribution is 2.28. The molecule has 4 heterocycles. The zero-order valence-corrected chi connectivity index (χ0v) is 15.6. The summed E-state index contributed by atoms with van der Waals surface area (Å²) in [5.41, 5.74) is 2.80.